The quantitative estimate of drug-likeness (QED) is 0.627. The molecule has 2 aromatic rings. The molecule has 0 saturated carbocycles. The van der Waals surface area contributed by atoms with E-state index in [1.807, 2.05) is 37.3 Å². The summed E-state index contributed by atoms with van der Waals surface area (Å²) in [4.78, 5) is -0.0128. The minimum absolute atomic E-state index is 0.0128. The number of ether oxygens (including phenoxy) is 1. The van der Waals surface area contributed by atoms with Crippen LogP contribution in [0.1, 0.15) is 23.1 Å². The molecule has 0 radical (unpaired) electrons. The number of aryl methyl sites for hydroxylation is 2. The van der Waals surface area contributed by atoms with Crippen molar-refractivity contribution in [2.75, 3.05) is 6.61 Å². The van der Waals surface area contributed by atoms with E-state index in [2.05, 4.69) is 0 Å². The molecule has 0 unspecified atom stereocenters. The first-order chi connectivity index (χ1) is 10.5. The van der Waals surface area contributed by atoms with E-state index in [4.69, 9.17) is 4.74 Å². The Morgan fingerprint density at radius 1 is 1.09 bits per heavy atom. The minimum atomic E-state index is -4.18. The van der Waals surface area contributed by atoms with Crippen LogP contribution in [0, 0.1) is 6.92 Å². The molecule has 0 heterocycles. The van der Waals surface area contributed by atoms with Crippen LogP contribution in [0.5, 0.6) is 0 Å². The molecule has 0 saturated heterocycles. The summed E-state index contributed by atoms with van der Waals surface area (Å²) in [5.74, 6) is 0. The maximum Gasteiger partial charge on any atom is 0.294 e. The van der Waals surface area contributed by atoms with Crippen molar-refractivity contribution < 1.29 is 17.7 Å². The van der Waals surface area contributed by atoms with Gasteiger partial charge in [0.2, 0.25) is 0 Å². The highest BCUT2D eigenvalue weighted by atomic mass is 32.2. The van der Waals surface area contributed by atoms with Gasteiger partial charge in [-0.05, 0) is 37.0 Å². The number of benzene rings is 2. The fraction of sp³-hybridized carbons (Fsp3) is 0.294. The highest BCUT2D eigenvalue weighted by molar-refractivity contribution is 7.85. The van der Waals surface area contributed by atoms with Crippen molar-refractivity contribution in [2.45, 2.75) is 31.3 Å². The highest BCUT2D eigenvalue weighted by Crippen LogP contribution is 2.19. The maximum absolute atomic E-state index is 11.4. The lowest BCUT2D eigenvalue weighted by molar-refractivity contribution is 0.118. The van der Waals surface area contributed by atoms with Crippen molar-refractivity contribution in [3.8, 4) is 0 Å². The lowest BCUT2D eigenvalue weighted by Crippen LogP contribution is -2.05. The van der Waals surface area contributed by atoms with Crippen molar-refractivity contribution >= 4 is 10.1 Å². The molecule has 118 valence electrons. The lowest BCUT2D eigenvalue weighted by Gasteiger charge is -2.09. The van der Waals surface area contributed by atoms with E-state index < -0.39 is 10.1 Å². The first-order valence-electron chi connectivity index (χ1n) is 7.15. The van der Waals surface area contributed by atoms with Crippen molar-refractivity contribution in [3.63, 3.8) is 0 Å². The molecule has 0 aliphatic heterocycles. The average molecular weight is 320 g/mol. The van der Waals surface area contributed by atoms with Gasteiger partial charge in [0, 0.05) is 6.61 Å². The first kappa shape index (κ1) is 16.7. The Labute approximate surface area is 131 Å². The predicted molar refractivity (Wildman–Crippen MR) is 85.4 cm³/mol. The van der Waals surface area contributed by atoms with Crippen LogP contribution in [-0.2, 0) is 27.9 Å². The monoisotopic (exact) mass is 320 g/mol. The van der Waals surface area contributed by atoms with Gasteiger partial charge in [0.1, 0.15) is 0 Å². The summed E-state index contributed by atoms with van der Waals surface area (Å²) < 4.78 is 37.6. The van der Waals surface area contributed by atoms with E-state index in [1.54, 1.807) is 12.1 Å². The Balaban J connectivity index is 1.88. The number of hydrogen-bond donors (Lipinski definition) is 1. The average Bonchev–Trinajstić information content (AvgIpc) is 2.47. The van der Waals surface area contributed by atoms with Crippen LogP contribution >= 0.6 is 0 Å². The molecule has 5 heteroatoms. The molecule has 4 nitrogen and oxygen atoms in total. The summed E-state index contributed by atoms with van der Waals surface area (Å²) in [7, 11) is -4.18. The van der Waals surface area contributed by atoms with Crippen LogP contribution in [0.25, 0.3) is 0 Å². The second kappa shape index (κ2) is 7.54. The van der Waals surface area contributed by atoms with Gasteiger partial charge < -0.3 is 4.74 Å². The Kier molecular flexibility index (Phi) is 5.71. The third-order valence-electron chi connectivity index (χ3n) is 3.34. The predicted octanol–water partition coefficient (Wildman–Crippen LogP) is 3.39. The fourth-order valence-corrected chi connectivity index (χ4v) is 3.02. The Morgan fingerprint density at radius 3 is 2.50 bits per heavy atom. The normalized spacial score (nSPS) is 11.5. The smallest absolute Gasteiger partial charge is 0.294 e. The molecular formula is C17H20O4S. The fourth-order valence-electron chi connectivity index (χ4n) is 2.28. The van der Waals surface area contributed by atoms with Crippen LogP contribution in [0.2, 0.25) is 0 Å². The van der Waals surface area contributed by atoms with E-state index in [0.717, 1.165) is 11.1 Å². The van der Waals surface area contributed by atoms with Crippen LogP contribution in [0.15, 0.2) is 53.4 Å². The topological polar surface area (TPSA) is 63.6 Å². The summed E-state index contributed by atoms with van der Waals surface area (Å²) in [6.45, 7) is 2.97. The van der Waals surface area contributed by atoms with Crippen LogP contribution in [0.3, 0.4) is 0 Å². The Morgan fingerprint density at radius 2 is 1.82 bits per heavy atom. The molecule has 0 fully saturated rings. The standard InChI is InChI=1S/C17H20O4S/c1-14-9-10-17(22(18,19)20)16(12-14)8-5-11-21-13-15-6-3-2-4-7-15/h2-4,6-7,9-10,12H,5,8,11,13H2,1H3,(H,18,19,20). The highest BCUT2D eigenvalue weighted by Gasteiger charge is 2.14. The molecule has 0 aliphatic rings. The zero-order chi connectivity index (χ0) is 16.0. The minimum Gasteiger partial charge on any atom is -0.377 e. The zero-order valence-corrected chi connectivity index (χ0v) is 13.3. The summed E-state index contributed by atoms with van der Waals surface area (Å²) >= 11 is 0. The first-order valence-corrected chi connectivity index (χ1v) is 8.59. The van der Waals surface area contributed by atoms with E-state index in [9.17, 15) is 13.0 Å². The summed E-state index contributed by atoms with van der Waals surface area (Å²) in [6, 6.07) is 14.8. The Hall–Kier alpha value is -1.69. The van der Waals surface area contributed by atoms with E-state index in [1.165, 1.54) is 6.07 Å². The largest absolute Gasteiger partial charge is 0.377 e. The zero-order valence-electron chi connectivity index (χ0n) is 12.5. The SMILES string of the molecule is Cc1ccc(S(=O)(=O)O)c(CCCOCc2ccccc2)c1. The van der Waals surface area contributed by atoms with Gasteiger partial charge in [-0.25, -0.2) is 0 Å². The van der Waals surface area contributed by atoms with Gasteiger partial charge in [-0.3, -0.25) is 4.55 Å². The second-order valence-corrected chi connectivity index (χ2v) is 6.62. The van der Waals surface area contributed by atoms with Crippen molar-refractivity contribution in [1.82, 2.24) is 0 Å². The maximum atomic E-state index is 11.4. The van der Waals surface area contributed by atoms with Gasteiger partial charge in [0.25, 0.3) is 10.1 Å². The van der Waals surface area contributed by atoms with E-state index >= 15 is 0 Å². The molecular weight excluding hydrogens is 300 g/mol. The van der Waals surface area contributed by atoms with Gasteiger partial charge in [-0.2, -0.15) is 8.42 Å². The van der Waals surface area contributed by atoms with Crippen molar-refractivity contribution in [2.24, 2.45) is 0 Å². The summed E-state index contributed by atoms with van der Waals surface area (Å²) in [5.41, 5.74) is 2.70. The van der Waals surface area contributed by atoms with Gasteiger partial charge in [-0.1, -0.05) is 48.0 Å². The molecule has 0 atom stereocenters. The van der Waals surface area contributed by atoms with E-state index in [-0.39, 0.29) is 4.90 Å². The molecule has 0 aromatic heterocycles. The molecule has 2 rings (SSSR count). The second-order valence-electron chi connectivity index (χ2n) is 5.23. The molecule has 0 amide bonds. The molecule has 0 aliphatic carbocycles. The molecule has 22 heavy (non-hydrogen) atoms. The van der Waals surface area contributed by atoms with Gasteiger partial charge in [0.15, 0.2) is 0 Å². The van der Waals surface area contributed by atoms with Gasteiger partial charge >= 0.3 is 0 Å². The Bertz CT molecular complexity index is 709. The molecule has 0 bridgehead atoms. The van der Waals surface area contributed by atoms with Crippen LogP contribution in [0.4, 0.5) is 0 Å². The molecule has 2 aromatic carbocycles. The van der Waals surface area contributed by atoms with Gasteiger partial charge in [0.05, 0.1) is 11.5 Å². The third-order valence-corrected chi connectivity index (χ3v) is 4.29. The number of hydrogen-bond acceptors (Lipinski definition) is 3. The molecule has 1 N–H and O–H groups in total. The third kappa shape index (κ3) is 4.94. The summed E-state index contributed by atoms with van der Waals surface area (Å²) in [6.07, 6.45) is 1.24. The molecule has 0 spiro atoms. The van der Waals surface area contributed by atoms with E-state index in [0.29, 0.717) is 31.6 Å². The van der Waals surface area contributed by atoms with Crippen LogP contribution in [-0.4, -0.2) is 19.6 Å². The van der Waals surface area contributed by atoms with Gasteiger partial charge in [-0.15, -0.1) is 0 Å². The number of rotatable bonds is 7. The lowest BCUT2D eigenvalue weighted by atomic mass is 10.1. The summed E-state index contributed by atoms with van der Waals surface area (Å²) in [5, 5.41) is 0. The van der Waals surface area contributed by atoms with Crippen molar-refractivity contribution in [3.05, 3.63) is 65.2 Å². The van der Waals surface area contributed by atoms with Crippen molar-refractivity contribution in [1.29, 1.82) is 0 Å². The van der Waals surface area contributed by atoms with Crippen LogP contribution < -0.4 is 0 Å².